The van der Waals surface area contributed by atoms with Crippen molar-refractivity contribution in [1.29, 1.82) is 0 Å². The van der Waals surface area contributed by atoms with Crippen molar-refractivity contribution in [3.05, 3.63) is 58.6 Å². The minimum absolute atomic E-state index is 0.0634. The van der Waals surface area contributed by atoms with Gasteiger partial charge in [-0.05, 0) is 50.6 Å². The molecule has 0 fully saturated rings. The zero-order valence-electron chi connectivity index (χ0n) is 15.1. The molecule has 1 atom stereocenters. The fourth-order valence-electron chi connectivity index (χ4n) is 2.39. The molecule has 3 rings (SSSR count). The molecule has 0 bridgehead atoms. The number of aryl methyl sites for hydroxylation is 2. The summed E-state index contributed by atoms with van der Waals surface area (Å²) in [7, 11) is 0. The highest BCUT2D eigenvalue weighted by Gasteiger charge is 2.18. The number of hydrogen-bond acceptors (Lipinski definition) is 6. The number of halogens is 1. The zero-order chi connectivity index (χ0) is 19.4. The monoisotopic (exact) mass is 418 g/mol. The molecule has 0 saturated carbocycles. The number of carbonyl (C=O) groups excluding carboxylic acids is 1. The summed E-state index contributed by atoms with van der Waals surface area (Å²) in [4.78, 5) is 12.5. The predicted molar refractivity (Wildman–Crippen MR) is 115 cm³/mol. The fourth-order valence-corrected chi connectivity index (χ4v) is 4.50. The highest BCUT2D eigenvalue weighted by atomic mass is 35.5. The Morgan fingerprint density at radius 3 is 2.74 bits per heavy atom. The van der Waals surface area contributed by atoms with Gasteiger partial charge in [0, 0.05) is 16.4 Å². The van der Waals surface area contributed by atoms with E-state index >= 15 is 0 Å². The Morgan fingerprint density at radius 2 is 2.00 bits per heavy atom. The van der Waals surface area contributed by atoms with E-state index in [1.807, 2.05) is 63.2 Å². The molecule has 0 aliphatic rings. The van der Waals surface area contributed by atoms with Crippen LogP contribution in [0.4, 0.5) is 16.5 Å². The predicted octanol–water partition coefficient (Wildman–Crippen LogP) is 5.67. The summed E-state index contributed by atoms with van der Waals surface area (Å²) < 4.78 is 0.725. The standard InChI is InChI=1S/C19H19ClN4OS2/c1-11-7-8-16(12(2)9-11)22-17(25)13(3)26-19-24-23-18(27-19)21-15-6-4-5-14(20)10-15/h4-10,13H,1-3H3,(H,21,23)(H,22,25)/t13-/m1/s1. The van der Waals surface area contributed by atoms with Crippen LogP contribution in [-0.4, -0.2) is 21.4 Å². The van der Waals surface area contributed by atoms with Crippen molar-refractivity contribution in [2.75, 3.05) is 10.6 Å². The highest BCUT2D eigenvalue weighted by Crippen LogP contribution is 2.31. The van der Waals surface area contributed by atoms with Gasteiger partial charge in [-0.1, -0.05) is 58.5 Å². The molecule has 140 valence electrons. The molecule has 1 heterocycles. The summed E-state index contributed by atoms with van der Waals surface area (Å²) in [6.45, 7) is 5.87. The summed E-state index contributed by atoms with van der Waals surface area (Å²) in [5, 5.41) is 15.4. The minimum atomic E-state index is -0.294. The maximum atomic E-state index is 12.5. The van der Waals surface area contributed by atoms with Crippen molar-refractivity contribution in [3.8, 4) is 0 Å². The Bertz CT molecular complexity index is 960. The van der Waals surface area contributed by atoms with Gasteiger partial charge in [0.2, 0.25) is 11.0 Å². The van der Waals surface area contributed by atoms with Crippen LogP contribution < -0.4 is 10.6 Å². The van der Waals surface area contributed by atoms with Gasteiger partial charge in [0.1, 0.15) is 0 Å². The van der Waals surface area contributed by atoms with E-state index in [9.17, 15) is 4.79 Å². The number of thioether (sulfide) groups is 1. The quantitative estimate of drug-likeness (QED) is 0.504. The Hall–Kier alpha value is -2.09. The van der Waals surface area contributed by atoms with Gasteiger partial charge in [-0.25, -0.2) is 0 Å². The molecular weight excluding hydrogens is 400 g/mol. The van der Waals surface area contributed by atoms with Crippen LogP contribution in [0.25, 0.3) is 0 Å². The number of hydrogen-bond donors (Lipinski definition) is 2. The average Bonchev–Trinajstić information content (AvgIpc) is 3.04. The molecule has 1 aromatic heterocycles. The van der Waals surface area contributed by atoms with Gasteiger partial charge in [-0.15, -0.1) is 10.2 Å². The first-order valence-electron chi connectivity index (χ1n) is 8.31. The van der Waals surface area contributed by atoms with Crippen LogP contribution in [0.5, 0.6) is 0 Å². The Morgan fingerprint density at radius 1 is 1.19 bits per heavy atom. The summed E-state index contributed by atoms with van der Waals surface area (Å²) in [5.41, 5.74) is 3.89. The molecule has 27 heavy (non-hydrogen) atoms. The number of nitrogens with zero attached hydrogens (tertiary/aromatic N) is 2. The Kier molecular flexibility index (Phi) is 6.36. The smallest absolute Gasteiger partial charge is 0.237 e. The van der Waals surface area contributed by atoms with Crippen LogP contribution in [0.3, 0.4) is 0 Å². The first-order chi connectivity index (χ1) is 12.9. The van der Waals surface area contributed by atoms with E-state index in [1.165, 1.54) is 28.7 Å². The number of carbonyl (C=O) groups is 1. The van der Waals surface area contributed by atoms with E-state index in [2.05, 4.69) is 20.8 Å². The number of benzene rings is 2. The second-order valence-electron chi connectivity index (χ2n) is 6.08. The second-order valence-corrected chi connectivity index (χ2v) is 9.08. The lowest BCUT2D eigenvalue weighted by Gasteiger charge is -2.12. The number of nitrogens with one attached hydrogen (secondary N) is 2. The molecule has 0 saturated heterocycles. The summed E-state index contributed by atoms with van der Waals surface area (Å²) in [6.07, 6.45) is 0. The van der Waals surface area contributed by atoms with Gasteiger partial charge in [-0.2, -0.15) is 0 Å². The minimum Gasteiger partial charge on any atom is -0.330 e. The molecule has 2 aromatic carbocycles. The third kappa shape index (κ3) is 5.45. The second kappa shape index (κ2) is 8.73. The third-order valence-electron chi connectivity index (χ3n) is 3.77. The molecule has 1 amide bonds. The molecular formula is C19H19ClN4OS2. The zero-order valence-corrected chi connectivity index (χ0v) is 17.5. The largest absolute Gasteiger partial charge is 0.330 e. The average molecular weight is 419 g/mol. The van der Waals surface area contributed by atoms with Crippen LogP contribution in [0.2, 0.25) is 5.02 Å². The lowest BCUT2D eigenvalue weighted by atomic mass is 10.1. The van der Waals surface area contributed by atoms with Crippen molar-refractivity contribution in [3.63, 3.8) is 0 Å². The first kappa shape index (κ1) is 19.7. The lowest BCUT2D eigenvalue weighted by molar-refractivity contribution is -0.115. The summed E-state index contributed by atoms with van der Waals surface area (Å²) in [6, 6.07) is 13.4. The highest BCUT2D eigenvalue weighted by molar-refractivity contribution is 8.02. The number of rotatable bonds is 6. The summed E-state index contributed by atoms with van der Waals surface area (Å²) >= 11 is 8.76. The van der Waals surface area contributed by atoms with Crippen LogP contribution >= 0.6 is 34.7 Å². The number of amides is 1. The normalized spacial score (nSPS) is 11.9. The van der Waals surface area contributed by atoms with E-state index in [-0.39, 0.29) is 11.2 Å². The van der Waals surface area contributed by atoms with Crippen molar-refractivity contribution < 1.29 is 4.79 Å². The number of anilines is 3. The van der Waals surface area contributed by atoms with Gasteiger partial charge >= 0.3 is 0 Å². The molecule has 3 aromatic rings. The molecule has 0 unspecified atom stereocenters. The molecule has 0 aliphatic heterocycles. The molecule has 2 N–H and O–H groups in total. The van der Waals surface area contributed by atoms with E-state index in [0.29, 0.717) is 10.2 Å². The van der Waals surface area contributed by atoms with Crippen LogP contribution in [0, 0.1) is 13.8 Å². The molecule has 0 spiro atoms. The van der Waals surface area contributed by atoms with Gasteiger partial charge < -0.3 is 10.6 Å². The summed E-state index contributed by atoms with van der Waals surface area (Å²) in [5.74, 6) is -0.0634. The van der Waals surface area contributed by atoms with Crippen molar-refractivity contribution in [2.45, 2.75) is 30.4 Å². The maximum Gasteiger partial charge on any atom is 0.237 e. The molecule has 5 nitrogen and oxygen atoms in total. The van der Waals surface area contributed by atoms with Crippen LogP contribution in [0.1, 0.15) is 18.1 Å². The maximum absolute atomic E-state index is 12.5. The van der Waals surface area contributed by atoms with E-state index in [1.54, 1.807) is 0 Å². The topological polar surface area (TPSA) is 66.9 Å². The Labute approximate surface area is 171 Å². The Balaban J connectivity index is 1.59. The van der Waals surface area contributed by atoms with Gasteiger partial charge in [-0.3, -0.25) is 4.79 Å². The molecule has 0 aliphatic carbocycles. The van der Waals surface area contributed by atoms with Crippen molar-refractivity contribution in [1.82, 2.24) is 10.2 Å². The first-order valence-corrected chi connectivity index (χ1v) is 10.4. The van der Waals surface area contributed by atoms with Crippen LogP contribution in [0.15, 0.2) is 46.8 Å². The van der Waals surface area contributed by atoms with Crippen molar-refractivity contribution in [2.24, 2.45) is 0 Å². The van der Waals surface area contributed by atoms with Crippen molar-refractivity contribution >= 4 is 57.1 Å². The number of aromatic nitrogens is 2. The van der Waals surface area contributed by atoms with E-state index in [4.69, 9.17) is 11.6 Å². The molecule has 0 radical (unpaired) electrons. The van der Waals surface area contributed by atoms with Gasteiger partial charge in [0.15, 0.2) is 4.34 Å². The fraction of sp³-hybridized carbons (Fsp3) is 0.211. The van der Waals surface area contributed by atoms with Gasteiger partial charge in [0.25, 0.3) is 0 Å². The molecule has 8 heteroatoms. The third-order valence-corrected chi connectivity index (χ3v) is 6.03. The van der Waals surface area contributed by atoms with Crippen LogP contribution in [-0.2, 0) is 4.79 Å². The van der Waals surface area contributed by atoms with Gasteiger partial charge in [0.05, 0.1) is 5.25 Å². The SMILES string of the molecule is Cc1ccc(NC(=O)[C@@H](C)Sc2nnc(Nc3cccc(Cl)c3)s2)c(C)c1. The lowest BCUT2D eigenvalue weighted by Crippen LogP contribution is -2.22. The van der Waals surface area contributed by atoms with E-state index in [0.717, 1.165) is 21.3 Å². The van der Waals surface area contributed by atoms with E-state index < -0.39 is 0 Å².